The number of carbonyl (C=O) groups is 1. The van der Waals surface area contributed by atoms with Crippen LogP contribution in [0.25, 0.3) is 0 Å². The van der Waals surface area contributed by atoms with Crippen molar-refractivity contribution >= 4 is 15.9 Å². The van der Waals surface area contributed by atoms with Crippen molar-refractivity contribution in [1.82, 2.24) is 9.21 Å². The number of likely N-dealkylation sites (tertiary alicyclic amines) is 1. The number of rotatable bonds is 6. The van der Waals surface area contributed by atoms with Crippen molar-refractivity contribution in [3.05, 3.63) is 0 Å². The summed E-state index contributed by atoms with van der Waals surface area (Å²) >= 11 is 0. The molecule has 0 aromatic rings. The minimum Gasteiger partial charge on any atom is -0.338 e. The molecule has 1 unspecified atom stereocenters. The van der Waals surface area contributed by atoms with Crippen LogP contribution in [-0.4, -0.2) is 61.5 Å². The summed E-state index contributed by atoms with van der Waals surface area (Å²) in [6.45, 7) is 5.36. The van der Waals surface area contributed by atoms with E-state index in [9.17, 15) is 13.2 Å². The Morgan fingerprint density at radius 3 is 2.47 bits per heavy atom. The quantitative estimate of drug-likeness (QED) is 0.746. The molecule has 7 heteroatoms. The topological polar surface area (TPSA) is 83.7 Å². The van der Waals surface area contributed by atoms with Gasteiger partial charge in [0.05, 0.1) is 0 Å². The number of amides is 1. The molecule has 0 spiro atoms. The van der Waals surface area contributed by atoms with Gasteiger partial charge in [0.15, 0.2) is 0 Å². The first-order valence-electron chi connectivity index (χ1n) is 6.93. The van der Waals surface area contributed by atoms with Crippen LogP contribution >= 0.6 is 0 Å². The van der Waals surface area contributed by atoms with E-state index < -0.39 is 15.8 Å². The summed E-state index contributed by atoms with van der Waals surface area (Å²) in [5, 5.41) is 0. The molecule has 6 nitrogen and oxygen atoms in total. The van der Waals surface area contributed by atoms with Crippen molar-refractivity contribution in [1.29, 1.82) is 0 Å². The van der Waals surface area contributed by atoms with Crippen LogP contribution in [0, 0.1) is 0 Å². The fourth-order valence-electron chi connectivity index (χ4n) is 2.52. The van der Waals surface area contributed by atoms with Crippen LogP contribution in [0.5, 0.6) is 0 Å². The summed E-state index contributed by atoms with van der Waals surface area (Å²) in [5.74, 6) is -0.757. The zero-order valence-electron chi connectivity index (χ0n) is 11.8. The smallest absolute Gasteiger partial charge is 0.239 e. The van der Waals surface area contributed by atoms with E-state index in [-0.39, 0.29) is 11.9 Å². The molecule has 1 aliphatic rings. The van der Waals surface area contributed by atoms with Gasteiger partial charge in [-0.15, -0.1) is 0 Å². The van der Waals surface area contributed by atoms with Gasteiger partial charge in [0.2, 0.25) is 15.9 Å². The van der Waals surface area contributed by atoms with Crippen LogP contribution in [0.1, 0.15) is 33.1 Å². The number of carbonyl (C=O) groups excluding carboxylic acids is 1. The second-order valence-electron chi connectivity index (χ2n) is 4.81. The van der Waals surface area contributed by atoms with E-state index in [1.807, 2.05) is 0 Å². The predicted octanol–water partition coefficient (Wildman–Crippen LogP) is -0.00220. The van der Waals surface area contributed by atoms with Gasteiger partial charge in [-0.3, -0.25) is 4.79 Å². The molecule has 1 fully saturated rings. The Labute approximate surface area is 116 Å². The largest absolute Gasteiger partial charge is 0.338 e. The van der Waals surface area contributed by atoms with Crippen molar-refractivity contribution in [3.63, 3.8) is 0 Å². The van der Waals surface area contributed by atoms with Crippen LogP contribution in [0.2, 0.25) is 0 Å². The Bertz CT molecular complexity index is 393. The van der Waals surface area contributed by atoms with Gasteiger partial charge in [0, 0.05) is 32.2 Å². The first kappa shape index (κ1) is 16.4. The molecule has 1 atom stereocenters. The Balaban J connectivity index is 2.72. The van der Waals surface area contributed by atoms with Crippen molar-refractivity contribution < 1.29 is 13.2 Å². The molecule has 1 aliphatic heterocycles. The molecule has 19 heavy (non-hydrogen) atoms. The second kappa shape index (κ2) is 7.21. The lowest BCUT2D eigenvalue weighted by Crippen LogP contribution is -2.50. The van der Waals surface area contributed by atoms with E-state index in [0.29, 0.717) is 26.2 Å². The van der Waals surface area contributed by atoms with Crippen molar-refractivity contribution in [2.24, 2.45) is 5.73 Å². The average molecular weight is 291 g/mol. The fourth-order valence-corrected chi connectivity index (χ4v) is 3.97. The summed E-state index contributed by atoms with van der Waals surface area (Å²) in [5.41, 5.74) is 5.65. The van der Waals surface area contributed by atoms with Gasteiger partial charge in [-0.05, 0) is 19.3 Å². The number of hydrogen-bond donors (Lipinski definition) is 1. The third-order valence-electron chi connectivity index (χ3n) is 3.62. The number of nitrogens with zero attached hydrogens (tertiary/aromatic N) is 2. The lowest BCUT2D eigenvalue weighted by atomic mass is 10.0. The molecule has 0 aromatic carbocycles. The predicted molar refractivity (Wildman–Crippen MR) is 75.1 cm³/mol. The molecule has 2 N–H and O–H groups in total. The minimum atomic E-state index is -3.50. The SMILES string of the molecule is CCN(CC)S(=O)(=O)CC(=O)N1CCCCC1CN. The number of piperidine rings is 1. The van der Waals surface area contributed by atoms with Crippen LogP contribution < -0.4 is 5.73 Å². The lowest BCUT2D eigenvalue weighted by molar-refractivity contribution is -0.131. The van der Waals surface area contributed by atoms with Crippen LogP contribution in [0.3, 0.4) is 0 Å². The molecule has 1 saturated heterocycles. The molecule has 0 bridgehead atoms. The first-order valence-corrected chi connectivity index (χ1v) is 8.54. The molecule has 1 heterocycles. The summed E-state index contributed by atoms with van der Waals surface area (Å²) in [6, 6.07) is -0.00634. The summed E-state index contributed by atoms with van der Waals surface area (Å²) in [4.78, 5) is 13.8. The van der Waals surface area contributed by atoms with Crippen molar-refractivity contribution in [2.75, 3.05) is 31.9 Å². The van der Waals surface area contributed by atoms with E-state index in [0.717, 1.165) is 19.3 Å². The van der Waals surface area contributed by atoms with E-state index in [2.05, 4.69) is 0 Å². The molecular weight excluding hydrogens is 266 g/mol. The van der Waals surface area contributed by atoms with Gasteiger partial charge in [-0.1, -0.05) is 13.8 Å². The van der Waals surface area contributed by atoms with Gasteiger partial charge in [0.25, 0.3) is 0 Å². The maximum Gasteiger partial charge on any atom is 0.239 e. The first-order chi connectivity index (χ1) is 8.96. The fraction of sp³-hybridized carbons (Fsp3) is 0.917. The lowest BCUT2D eigenvalue weighted by Gasteiger charge is -2.35. The Morgan fingerprint density at radius 2 is 1.95 bits per heavy atom. The Hall–Kier alpha value is -0.660. The molecule has 112 valence electrons. The highest BCUT2D eigenvalue weighted by atomic mass is 32.2. The third kappa shape index (κ3) is 4.15. The maximum absolute atomic E-state index is 12.2. The van der Waals surface area contributed by atoms with Crippen molar-refractivity contribution in [2.45, 2.75) is 39.2 Å². The standard InChI is InChI=1S/C12H25N3O3S/c1-3-14(4-2)19(17,18)10-12(16)15-8-6-5-7-11(15)9-13/h11H,3-10,13H2,1-2H3. The van der Waals surface area contributed by atoms with E-state index >= 15 is 0 Å². The summed E-state index contributed by atoms with van der Waals surface area (Å²) < 4.78 is 25.5. The highest BCUT2D eigenvalue weighted by Gasteiger charge is 2.30. The third-order valence-corrected chi connectivity index (χ3v) is 5.54. The summed E-state index contributed by atoms with van der Waals surface area (Å²) in [6.07, 6.45) is 2.84. The zero-order chi connectivity index (χ0) is 14.5. The second-order valence-corrected chi connectivity index (χ2v) is 6.78. The van der Waals surface area contributed by atoms with Gasteiger partial charge >= 0.3 is 0 Å². The summed E-state index contributed by atoms with van der Waals surface area (Å²) in [7, 11) is -3.50. The molecule has 0 radical (unpaired) electrons. The van der Waals surface area contributed by atoms with E-state index in [1.165, 1.54) is 4.31 Å². The monoisotopic (exact) mass is 291 g/mol. The molecule has 0 aromatic heterocycles. The van der Waals surface area contributed by atoms with Gasteiger partial charge in [-0.25, -0.2) is 12.7 Å². The number of sulfonamides is 1. The number of hydrogen-bond acceptors (Lipinski definition) is 4. The van der Waals surface area contributed by atoms with Gasteiger partial charge < -0.3 is 10.6 Å². The molecule has 0 aliphatic carbocycles. The van der Waals surface area contributed by atoms with Crippen LogP contribution in [0.15, 0.2) is 0 Å². The van der Waals surface area contributed by atoms with Crippen LogP contribution in [-0.2, 0) is 14.8 Å². The van der Waals surface area contributed by atoms with Crippen molar-refractivity contribution in [3.8, 4) is 0 Å². The highest BCUT2D eigenvalue weighted by molar-refractivity contribution is 7.89. The maximum atomic E-state index is 12.2. The zero-order valence-corrected chi connectivity index (χ0v) is 12.7. The van der Waals surface area contributed by atoms with Crippen LogP contribution in [0.4, 0.5) is 0 Å². The molecular formula is C12H25N3O3S. The van der Waals surface area contributed by atoms with E-state index in [4.69, 9.17) is 5.73 Å². The van der Waals surface area contributed by atoms with Gasteiger partial charge in [0.1, 0.15) is 5.75 Å². The Morgan fingerprint density at radius 1 is 1.32 bits per heavy atom. The highest BCUT2D eigenvalue weighted by Crippen LogP contribution is 2.17. The molecule has 1 amide bonds. The average Bonchev–Trinajstić information content (AvgIpc) is 2.39. The molecule has 1 rings (SSSR count). The van der Waals surface area contributed by atoms with E-state index in [1.54, 1.807) is 18.7 Å². The Kier molecular flexibility index (Phi) is 6.22. The molecule has 0 saturated carbocycles. The van der Waals surface area contributed by atoms with Gasteiger partial charge in [-0.2, -0.15) is 0 Å². The normalized spacial score (nSPS) is 20.8. The number of nitrogens with two attached hydrogens (primary N) is 1. The minimum absolute atomic E-state index is 0.00634.